The van der Waals surface area contributed by atoms with Crippen molar-refractivity contribution < 1.29 is 0 Å². The van der Waals surface area contributed by atoms with E-state index in [9.17, 15) is 0 Å². The highest BCUT2D eigenvalue weighted by molar-refractivity contribution is 5.90. The molecule has 2 heterocycles. The second kappa shape index (κ2) is 4.96. The number of anilines is 1. The number of aromatic nitrogens is 3. The average Bonchev–Trinajstić information content (AvgIpc) is 2.73. The molecule has 2 aromatic heterocycles. The molecule has 0 aromatic carbocycles. The first-order valence-corrected chi connectivity index (χ1v) is 5.91. The molecule has 0 saturated carbocycles. The van der Waals surface area contributed by atoms with Crippen LogP contribution >= 0.6 is 0 Å². The van der Waals surface area contributed by atoms with E-state index >= 15 is 0 Å². The van der Waals surface area contributed by atoms with Crippen LogP contribution in [0.2, 0.25) is 0 Å². The Labute approximate surface area is 95.5 Å². The molecule has 2 rings (SSSR count). The molecule has 0 fully saturated rings. The van der Waals surface area contributed by atoms with Gasteiger partial charge in [0.05, 0.1) is 5.39 Å². The van der Waals surface area contributed by atoms with Crippen molar-refractivity contribution in [3.8, 4) is 0 Å². The molecule has 0 atom stereocenters. The third-order valence-electron chi connectivity index (χ3n) is 2.76. The van der Waals surface area contributed by atoms with Gasteiger partial charge in [-0.3, -0.25) is 0 Å². The van der Waals surface area contributed by atoms with Crippen LogP contribution in [0.25, 0.3) is 11.0 Å². The normalized spacial score (nSPS) is 10.9. The smallest absolute Gasteiger partial charge is 0.143 e. The Morgan fingerprint density at radius 3 is 2.94 bits per heavy atom. The second-order valence-corrected chi connectivity index (χ2v) is 3.89. The topological polar surface area (TPSA) is 53.6 Å². The molecule has 0 bridgehead atoms. The molecule has 0 radical (unpaired) electrons. The molecular formula is C12H18N4. The minimum Gasteiger partial charge on any atom is -0.369 e. The van der Waals surface area contributed by atoms with Crippen LogP contribution in [0.1, 0.15) is 32.3 Å². The largest absolute Gasteiger partial charge is 0.369 e. The third kappa shape index (κ3) is 2.01. The van der Waals surface area contributed by atoms with Crippen LogP contribution in [0, 0.1) is 0 Å². The van der Waals surface area contributed by atoms with E-state index in [1.54, 1.807) is 6.33 Å². The standard InChI is InChI=1S/C12H18N4/c1-3-5-6-13-11-10-9(4-2)7-14-12(10)16-8-15-11/h7-8H,3-6H2,1-2H3,(H2,13,14,15,16). The number of aromatic amines is 1. The maximum Gasteiger partial charge on any atom is 0.143 e. The van der Waals surface area contributed by atoms with Crippen molar-refractivity contribution in [1.29, 1.82) is 0 Å². The lowest BCUT2D eigenvalue weighted by Crippen LogP contribution is -2.04. The highest BCUT2D eigenvalue weighted by Gasteiger charge is 2.08. The minimum absolute atomic E-state index is 0.922. The first kappa shape index (κ1) is 10.9. The molecule has 0 unspecified atom stereocenters. The summed E-state index contributed by atoms with van der Waals surface area (Å²) >= 11 is 0. The molecule has 0 aliphatic rings. The molecule has 16 heavy (non-hydrogen) atoms. The second-order valence-electron chi connectivity index (χ2n) is 3.89. The molecule has 4 heteroatoms. The van der Waals surface area contributed by atoms with Crippen molar-refractivity contribution in [2.75, 3.05) is 11.9 Å². The molecule has 0 saturated heterocycles. The van der Waals surface area contributed by atoms with Crippen LogP contribution in [0.5, 0.6) is 0 Å². The van der Waals surface area contributed by atoms with Crippen LogP contribution in [0.4, 0.5) is 5.82 Å². The Balaban J connectivity index is 2.31. The highest BCUT2D eigenvalue weighted by Crippen LogP contribution is 2.23. The Morgan fingerprint density at radius 1 is 1.31 bits per heavy atom. The Morgan fingerprint density at radius 2 is 2.19 bits per heavy atom. The predicted octanol–water partition coefficient (Wildman–Crippen LogP) is 2.73. The van der Waals surface area contributed by atoms with E-state index in [2.05, 4.69) is 34.1 Å². The van der Waals surface area contributed by atoms with Gasteiger partial charge in [-0.05, 0) is 18.4 Å². The van der Waals surface area contributed by atoms with Gasteiger partial charge in [-0.15, -0.1) is 0 Å². The molecule has 0 aliphatic carbocycles. The van der Waals surface area contributed by atoms with Crippen molar-refractivity contribution >= 4 is 16.9 Å². The van der Waals surface area contributed by atoms with E-state index in [0.29, 0.717) is 0 Å². The zero-order chi connectivity index (χ0) is 11.4. The lowest BCUT2D eigenvalue weighted by atomic mass is 10.2. The van der Waals surface area contributed by atoms with E-state index in [1.165, 1.54) is 12.0 Å². The van der Waals surface area contributed by atoms with Gasteiger partial charge in [0.25, 0.3) is 0 Å². The van der Waals surface area contributed by atoms with Crippen LogP contribution in [0.15, 0.2) is 12.5 Å². The van der Waals surface area contributed by atoms with Gasteiger partial charge in [-0.25, -0.2) is 9.97 Å². The van der Waals surface area contributed by atoms with Gasteiger partial charge in [0.15, 0.2) is 0 Å². The van der Waals surface area contributed by atoms with Crippen molar-refractivity contribution in [2.24, 2.45) is 0 Å². The number of hydrogen-bond acceptors (Lipinski definition) is 3. The van der Waals surface area contributed by atoms with Crippen LogP contribution < -0.4 is 5.32 Å². The first-order chi connectivity index (χ1) is 7.86. The minimum atomic E-state index is 0.922. The Hall–Kier alpha value is -1.58. The van der Waals surface area contributed by atoms with Gasteiger partial charge in [-0.1, -0.05) is 20.3 Å². The molecule has 2 aromatic rings. The van der Waals surface area contributed by atoms with Crippen LogP contribution in [-0.4, -0.2) is 21.5 Å². The van der Waals surface area contributed by atoms with Crippen molar-refractivity contribution in [2.45, 2.75) is 33.1 Å². The number of hydrogen-bond donors (Lipinski definition) is 2. The number of unbranched alkanes of at least 4 members (excludes halogenated alkanes) is 1. The van der Waals surface area contributed by atoms with Gasteiger partial charge in [0.1, 0.15) is 17.8 Å². The van der Waals surface area contributed by atoms with Crippen molar-refractivity contribution in [1.82, 2.24) is 15.0 Å². The monoisotopic (exact) mass is 218 g/mol. The van der Waals surface area contributed by atoms with E-state index in [-0.39, 0.29) is 0 Å². The SMILES string of the molecule is CCCCNc1ncnc2[nH]cc(CC)c12. The van der Waals surface area contributed by atoms with Gasteiger partial charge >= 0.3 is 0 Å². The lowest BCUT2D eigenvalue weighted by molar-refractivity contribution is 0.831. The van der Waals surface area contributed by atoms with E-state index in [0.717, 1.165) is 36.2 Å². The summed E-state index contributed by atoms with van der Waals surface area (Å²) in [5, 5.41) is 4.52. The lowest BCUT2D eigenvalue weighted by Gasteiger charge is -2.06. The summed E-state index contributed by atoms with van der Waals surface area (Å²) < 4.78 is 0. The fourth-order valence-corrected chi connectivity index (χ4v) is 1.82. The summed E-state index contributed by atoms with van der Waals surface area (Å²) in [6.07, 6.45) is 6.97. The molecule has 0 aliphatic heterocycles. The summed E-state index contributed by atoms with van der Waals surface area (Å²) in [4.78, 5) is 11.7. The first-order valence-electron chi connectivity index (χ1n) is 5.91. The number of H-pyrrole nitrogens is 1. The van der Waals surface area contributed by atoms with E-state index in [1.807, 2.05) is 6.20 Å². The quantitative estimate of drug-likeness (QED) is 0.759. The number of nitrogens with one attached hydrogen (secondary N) is 2. The Kier molecular flexibility index (Phi) is 3.39. The molecule has 86 valence electrons. The summed E-state index contributed by atoms with van der Waals surface area (Å²) in [5.74, 6) is 0.955. The van der Waals surface area contributed by atoms with Gasteiger partial charge in [-0.2, -0.15) is 0 Å². The van der Waals surface area contributed by atoms with E-state index < -0.39 is 0 Å². The molecule has 0 amide bonds. The fourth-order valence-electron chi connectivity index (χ4n) is 1.82. The maximum atomic E-state index is 4.32. The summed E-state index contributed by atoms with van der Waals surface area (Å²) in [6, 6.07) is 0. The number of rotatable bonds is 5. The van der Waals surface area contributed by atoms with Gasteiger partial charge in [0.2, 0.25) is 0 Å². The predicted molar refractivity (Wildman–Crippen MR) is 66.7 cm³/mol. The summed E-state index contributed by atoms with van der Waals surface area (Å²) in [7, 11) is 0. The fraction of sp³-hybridized carbons (Fsp3) is 0.500. The van der Waals surface area contributed by atoms with Crippen LogP contribution in [-0.2, 0) is 6.42 Å². The molecule has 0 spiro atoms. The number of nitrogens with zero attached hydrogens (tertiary/aromatic N) is 2. The van der Waals surface area contributed by atoms with Gasteiger partial charge in [0, 0.05) is 12.7 Å². The maximum absolute atomic E-state index is 4.32. The molecule has 4 nitrogen and oxygen atoms in total. The third-order valence-corrected chi connectivity index (χ3v) is 2.76. The zero-order valence-corrected chi connectivity index (χ0v) is 9.88. The van der Waals surface area contributed by atoms with Gasteiger partial charge < -0.3 is 10.3 Å². The average molecular weight is 218 g/mol. The van der Waals surface area contributed by atoms with Crippen molar-refractivity contribution in [3.63, 3.8) is 0 Å². The van der Waals surface area contributed by atoms with Crippen molar-refractivity contribution in [3.05, 3.63) is 18.1 Å². The molecular weight excluding hydrogens is 200 g/mol. The highest BCUT2D eigenvalue weighted by atomic mass is 15.0. The van der Waals surface area contributed by atoms with E-state index in [4.69, 9.17) is 0 Å². The summed E-state index contributed by atoms with van der Waals surface area (Å²) in [5.41, 5.74) is 2.19. The molecule has 2 N–H and O–H groups in total. The van der Waals surface area contributed by atoms with Crippen LogP contribution in [0.3, 0.4) is 0 Å². The number of aryl methyl sites for hydroxylation is 1. The number of fused-ring (bicyclic) bond motifs is 1. The zero-order valence-electron chi connectivity index (χ0n) is 9.88. The Bertz CT molecular complexity index is 461. The summed E-state index contributed by atoms with van der Waals surface area (Å²) in [6.45, 7) is 5.30.